The van der Waals surface area contributed by atoms with Gasteiger partial charge in [0.2, 0.25) is 0 Å². The van der Waals surface area contributed by atoms with Crippen LogP contribution in [0.25, 0.3) is 0 Å². The van der Waals surface area contributed by atoms with Crippen LogP contribution in [0.15, 0.2) is 0 Å². The lowest BCUT2D eigenvalue weighted by Crippen LogP contribution is -2.44. The van der Waals surface area contributed by atoms with Crippen LogP contribution in [-0.4, -0.2) is 10.2 Å². The zero-order valence-corrected chi connectivity index (χ0v) is 13.9. The molecule has 0 aromatic rings. The van der Waals surface area contributed by atoms with E-state index in [0.717, 1.165) is 17.8 Å². The average molecular weight is 226 g/mol. The van der Waals surface area contributed by atoms with E-state index < -0.39 is 0 Å². The first-order chi connectivity index (χ1) is 6.79. The third kappa shape index (κ3) is 1.71. The minimum atomic E-state index is 0.632. The average Bonchev–Trinajstić information content (AvgIpc) is 2.44. The van der Waals surface area contributed by atoms with Crippen LogP contribution in [0.2, 0.25) is 5.04 Å². The van der Waals surface area contributed by atoms with Crippen molar-refractivity contribution in [2.75, 3.05) is 0 Å². The van der Waals surface area contributed by atoms with Gasteiger partial charge in [-0.25, -0.2) is 0 Å². The lowest BCUT2D eigenvalue weighted by atomic mass is 9.59. The molecule has 0 saturated heterocycles. The van der Waals surface area contributed by atoms with Crippen LogP contribution in [0.4, 0.5) is 0 Å². The summed E-state index contributed by atoms with van der Waals surface area (Å²) < 4.78 is 0. The van der Waals surface area contributed by atoms with E-state index in [2.05, 4.69) is 41.5 Å². The maximum absolute atomic E-state index is 2.46. The van der Waals surface area contributed by atoms with Crippen LogP contribution < -0.4 is 0 Å². The molecule has 0 aromatic heterocycles. The van der Waals surface area contributed by atoms with E-state index in [0.29, 0.717) is 10.5 Å². The fraction of sp³-hybridized carbons (Fsp3) is 1.00. The summed E-state index contributed by atoms with van der Waals surface area (Å²) in [4.78, 5) is 0. The molecular weight excluding hydrogens is 196 g/mol. The Labute approximate surface area is 99.6 Å². The molecule has 0 aromatic carbocycles. The number of hydrogen-bond acceptors (Lipinski definition) is 0. The van der Waals surface area contributed by atoms with Gasteiger partial charge in [-0.1, -0.05) is 54.4 Å². The van der Waals surface area contributed by atoms with Gasteiger partial charge in [0.1, 0.15) is 0 Å². The minimum absolute atomic E-state index is 0.632. The van der Waals surface area contributed by atoms with E-state index in [1.165, 1.54) is 29.5 Å². The second-order valence-electron chi connectivity index (χ2n) is 6.78. The molecular formula is C14H30Si. The van der Waals surface area contributed by atoms with Crippen molar-refractivity contribution in [3.63, 3.8) is 0 Å². The van der Waals surface area contributed by atoms with Gasteiger partial charge in [0.15, 0.2) is 0 Å². The molecule has 0 amide bonds. The predicted molar refractivity (Wildman–Crippen MR) is 73.4 cm³/mol. The highest BCUT2D eigenvalue weighted by Crippen LogP contribution is 2.67. The van der Waals surface area contributed by atoms with Crippen molar-refractivity contribution in [3.8, 4) is 0 Å². The Balaban J connectivity index is 3.17. The Morgan fingerprint density at radius 2 is 1.27 bits per heavy atom. The summed E-state index contributed by atoms with van der Waals surface area (Å²) >= 11 is 0. The number of hydrogen-bond donors (Lipinski definition) is 0. The lowest BCUT2D eigenvalue weighted by molar-refractivity contribution is 0.0471. The monoisotopic (exact) mass is 226 g/mol. The molecule has 0 heterocycles. The summed E-state index contributed by atoms with van der Waals surface area (Å²) in [5.74, 6) is 2.57. The molecule has 1 aliphatic carbocycles. The normalized spacial score (nSPS) is 31.0. The topological polar surface area (TPSA) is 0 Å². The van der Waals surface area contributed by atoms with Crippen molar-refractivity contribution in [3.05, 3.63) is 0 Å². The molecule has 0 nitrogen and oxygen atoms in total. The summed E-state index contributed by atoms with van der Waals surface area (Å²) in [6.45, 7) is 14.7. The zero-order valence-electron chi connectivity index (χ0n) is 11.9. The van der Waals surface area contributed by atoms with Crippen LogP contribution in [0.1, 0.15) is 60.8 Å². The first-order valence-corrected chi connectivity index (χ1v) is 7.79. The van der Waals surface area contributed by atoms with E-state index in [-0.39, 0.29) is 0 Å². The second kappa shape index (κ2) is 4.23. The maximum atomic E-state index is 2.46. The van der Waals surface area contributed by atoms with Gasteiger partial charge >= 0.3 is 0 Å². The summed E-state index contributed by atoms with van der Waals surface area (Å²) in [6, 6.07) is 0. The highest BCUT2D eigenvalue weighted by Gasteiger charge is 2.55. The van der Waals surface area contributed by atoms with Gasteiger partial charge < -0.3 is 0 Å². The standard InChI is InChI=1S/C14H30Si/c1-10(2)13(11(3)4)8-7-9-14(13,15)12(5)6/h10-12H,7-9H2,1-6,15H3. The van der Waals surface area contributed by atoms with E-state index in [4.69, 9.17) is 0 Å². The fourth-order valence-electron chi connectivity index (χ4n) is 4.66. The number of rotatable bonds is 3. The Morgan fingerprint density at radius 1 is 0.800 bits per heavy atom. The van der Waals surface area contributed by atoms with Crippen molar-refractivity contribution >= 4 is 10.2 Å². The summed E-state index contributed by atoms with van der Waals surface area (Å²) in [6.07, 6.45) is 4.44. The first kappa shape index (κ1) is 13.3. The van der Waals surface area contributed by atoms with Crippen LogP contribution in [-0.2, 0) is 0 Å². The Kier molecular flexibility index (Phi) is 3.75. The molecule has 90 valence electrons. The van der Waals surface area contributed by atoms with E-state index in [9.17, 15) is 0 Å². The maximum Gasteiger partial charge on any atom is 0.0117 e. The summed E-state index contributed by atoms with van der Waals surface area (Å²) in [7, 11) is 1.37. The van der Waals surface area contributed by atoms with E-state index >= 15 is 0 Å². The van der Waals surface area contributed by atoms with Gasteiger partial charge in [0, 0.05) is 10.2 Å². The second-order valence-corrected chi connectivity index (χ2v) is 8.56. The van der Waals surface area contributed by atoms with Crippen molar-refractivity contribution < 1.29 is 0 Å². The van der Waals surface area contributed by atoms with E-state index in [1.54, 1.807) is 0 Å². The van der Waals surface area contributed by atoms with Crippen molar-refractivity contribution in [1.82, 2.24) is 0 Å². The van der Waals surface area contributed by atoms with Gasteiger partial charge in [-0.15, -0.1) is 0 Å². The molecule has 0 N–H and O–H groups in total. The summed E-state index contributed by atoms with van der Waals surface area (Å²) in [5.41, 5.74) is 0.632. The van der Waals surface area contributed by atoms with Gasteiger partial charge in [-0.2, -0.15) is 0 Å². The van der Waals surface area contributed by atoms with Crippen molar-refractivity contribution in [1.29, 1.82) is 0 Å². The third-order valence-electron chi connectivity index (χ3n) is 5.68. The molecule has 0 radical (unpaired) electrons. The molecule has 1 saturated carbocycles. The Morgan fingerprint density at radius 3 is 1.53 bits per heavy atom. The quantitative estimate of drug-likeness (QED) is 0.645. The van der Waals surface area contributed by atoms with Crippen LogP contribution >= 0.6 is 0 Å². The smallest absolute Gasteiger partial charge is 0.0117 e. The predicted octanol–water partition coefficient (Wildman–Crippen LogP) is 3.65. The van der Waals surface area contributed by atoms with Gasteiger partial charge in [0.05, 0.1) is 0 Å². The highest BCUT2D eigenvalue weighted by molar-refractivity contribution is 6.16. The largest absolute Gasteiger partial charge is 0.0625 e. The van der Waals surface area contributed by atoms with E-state index in [1.807, 2.05) is 0 Å². The molecule has 0 spiro atoms. The lowest BCUT2D eigenvalue weighted by Gasteiger charge is -2.53. The molecule has 0 aliphatic heterocycles. The molecule has 1 atom stereocenters. The van der Waals surface area contributed by atoms with Gasteiger partial charge in [0.25, 0.3) is 0 Å². The van der Waals surface area contributed by atoms with Crippen LogP contribution in [0, 0.1) is 23.2 Å². The minimum Gasteiger partial charge on any atom is -0.0625 e. The fourth-order valence-corrected chi connectivity index (χ4v) is 6.41. The molecule has 1 rings (SSSR count). The Hall–Kier alpha value is 0.217. The molecule has 1 fully saturated rings. The first-order valence-electron chi connectivity index (χ1n) is 6.79. The molecule has 0 bridgehead atoms. The van der Waals surface area contributed by atoms with Crippen molar-refractivity contribution in [2.45, 2.75) is 65.8 Å². The van der Waals surface area contributed by atoms with Gasteiger partial charge in [-0.05, 0) is 34.6 Å². The molecule has 1 aliphatic rings. The van der Waals surface area contributed by atoms with Crippen LogP contribution in [0.5, 0.6) is 0 Å². The summed E-state index contributed by atoms with van der Waals surface area (Å²) in [5, 5.41) is 0.690. The van der Waals surface area contributed by atoms with Crippen LogP contribution in [0.3, 0.4) is 0 Å². The molecule has 1 heteroatoms. The zero-order chi connectivity index (χ0) is 11.9. The van der Waals surface area contributed by atoms with Gasteiger partial charge in [-0.3, -0.25) is 0 Å². The third-order valence-corrected chi connectivity index (χ3v) is 8.27. The Bertz CT molecular complexity index is 209. The SMILES string of the molecule is CC(C)C1([SiH3])CCCC1(C(C)C)C(C)C. The van der Waals surface area contributed by atoms with Crippen molar-refractivity contribution in [2.24, 2.45) is 23.2 Å². The highest BCUT2D eigenvalue weighted by atomic mass is 28.1. The molecule has 1 unspecified atom stereocenters. The molecule has 15 heavy (non-hydrogen) atoms.